The molecule has 1 atom stereocenters. The average molecular weight is 496 g/mol. The minimum Gasteiger partial charge on any atom is -0.508 e. The topological polar surface area (TPSA) is 84.9 Å². The number of phenols is 1. The lowest BCUT2D eigenvalue weighted by Crippen LogP contribution is -2.30. The van der Waals surface area contributed by atoms with Gasteiger partial charge in [0.1, 0.15) is 11.9 Å². The van der Waals surface area contributed by atoms with Crippen LogP contribution >= 0.6 is 28.6 Å². The number of hydrogen-bond acceptors (Lipinski definition) is 6. The van der Waals surface area contributed by atoms with Crippen molar-refractivity contribution in [3.8, 4) is 5.75 Å². The molecular formula is C22H26BrNO5S. The number of thiol groups is 1. The van der Waals surface area contributed by atoms with E-state index in [1.807, 2.05) is 32.9 Å². The molecule has 0 aliphatic carbocycles. The van der Waals surface area contributed by atoms with Crippen LogP contribution in [0, 0.1) is 12.3 Å². The number of aromatic hydroxyl groups is 1. The number of aryl methyl sites for hydroxylation is 1. The lowest BCUT2D eigenvalue weighted by molar-refractivity contribution is -0.141. The van der Waals surface area contributed by atoms with Crippen LogP contribution in [0.2, 0.25) is 0 Å². The highest BCUT2D eigenvalue weighted by Gasteiger charge is 2.36. The summed E-state index contributed by atoms with van der Waals surface area (Å²) in [4.78, 5) is 24.0. The zero-order chi connectivity index (χ0) is 22.3. The van der Waals surface area contributed by atoms with Gasteiger partial charge in [-0.05, 0) is 43.7 Å². The van der Waals surface area contributed by atoms with Crippen molar-refractivity contribution in [2.75, 3.05) is 17.7 Å². The van der Waals surface area contributed by atoms with Crippen molar-refractivity contribution in [3.05, 3.63) is 58.1 Å². The molecule has 0 saturated heterocycles. The predicted molar refractivity (Wildman–Crippen MR) is 123 cm³/mol. The first-order valence-electron chi connectivity index (χ1n) is 9.41. The van der Waals surface area contributed by atoms with Crippen LogP contribution in [0.3, 0.4) is 0 Å². The normalized spacial score (nSPS) is 12.2. The molecule has 8 heteroatoms. The molecule has 6 nitrogen and oxygen atoms in total. The lowest BCUT2D eigenvalue weighted by atomic mass is 9.79. The summed E-state index contributed by atoms with van der Waals surface area (Å²) in [5.74, 6) is -0.424. The van der Waals surface area contributed by atoms with Crippen molar-refractivity contribution in [3.63, 3.8) is 0 Å². The molecule has 162 valence electrons. The smallest absolute Gasteiger partial charge is 0.412 e. The first-order valence-corrected chi connectivity index (χ1v) is 10.8. The Kier molecular flexibility index (Phi) is 8.61. The largest absolute Gasteiger partial charge is 0.508 e. The van der Waals surface area contributed by atoms with Crippen molar-refractivity contribution >= 4 is 46.3 Å². The third-order valence-corrected chi connectivity index (χ3v) is 5.39. The molecule has 0 aliphatic heterocycles. The van der Waals surface area contributed by atoms with Crippen molar-refractivity contribution in [1.29, 1.82) is 0 Å². The van der Waals surface area contributed by atoms with Crippen LogP contribution in [0.25, 0.3) is 0 Å². The van der Waals surface area contributed by atoms with Gasteiger partial charge in [0.15, 0.2) is 0 Å². The zero-order valence-electron chi connectivity index (χ0n) is 17.1. The Hall–Kier alpha value is -2.19. The van der Waals surface area contributed by atoms with Crippen LogP contribution in [0.1, 0.15) is 37.5 Å². The van der Waals surface area contributed by atoms with Crippen LogP contribution in [0.15, 0.2) is 46.9 Å². The quantitative estimate of drug-likeness (QED) is 0.325. The Balaban J connectivity index is 2.24. The second-order valence-electron chi connectivity index (χ2n) is 7.60. The van der Waals surface area contributed by atoms with Gasteiger partial charge in [0.05, 0.1) is 12.4 Å². The Labute approximate surface area is 190 Å². The minimum absolute atomic E-state index is 0.00626. The van der Waals surface area contributed by atoms with Gasteiger partial charge < -0.3 is 14.6 Å². The van der Waals surface area contributed by atoms with Gasteiger partial charge in [-0.2, -0.15) is 12.6 Å². The third-order valence-electron chi connectivity index (χ3n) is 4.64. The van der Waals surface area contributed by atoms with Crippen molar-refractivity contribution < 1.29 is 24.2 Å². The molecule has 0 spiro atoms. The van der Waals surface area contributed by atoms with Crippen LogP contribution < -0.4 is 5.32 Å². The fraction of sp³-hybridized carbons (Fsp3) is 0.364. The number of benzene rings is 2. The van der Waals surface area contributed by atoms with Gasteiger partial charge in [-0.25, -0.2) is 4.79 Å². The minimum atomic E-state index is -0.796. The Morgan fingerprint density at radius 3 is 2.50 bits per heavy atom. The molecule has 0 aliphatic rings. The fourth-order valence-corrected chi connectivity index (χ4v) is 3.35. The summed E-state index contributed by atoms with van der Waals surface area (Å²) < 4.78 is 11.6. The monoisotopic (exact) mass is 495 g/mol. The van der Waals surface area contributed by atoms with E-state index in [2.05, 4.69) is 33.9 Å². The molecule has 0 saturated carbocycles. The zero-order valence-corrected chi connectivity index (χ0v) is 19.6. The summed E-state index contributed by atoms with van der Waals surface area (Å²) in [6.07, 6.45) is -1.04. The van der Waals surface area contributed by atoms with E-state index in [0.29, 0.717) is 17.7 Å². The van der Waals surface area contributed by atoms with E-state index in [0.717, 1.165) is 10.0 Å². The molecule has 2 aromatic rings. The van der Waals surface area contributed by atoms with Gasteiger partial charge in [-0.15, -0.1) is 0 Å². The highest BCUT2D eigenvalue weighted by atomic mass is 79.9. The molecule has 1 amide bonds. The van der Waals surface area contributed by atoms with Crippen molar-refractivity contribution in [2.24, 2.45) is 5.41 Å². The molecule has 0 heterocycles. The molecule has 0 aromatic heterocycles. The van der Waals surface area contributed by atoms with E-state index in [1.165, 1.54) is 6.07 Å². The summed E-state index contributed by atoms with van der Waals surface area (Å²) in [5, 5.41) is 13.1. The molecule has 2 rings (SSSR count). The lowest BCUT2D eigenvalue weighted by Gasteiger charge is -2.34. The van der Waals surface area contributed by atoms with Crippen LogP contribution in [-0.4, -0.2) is 29.5 Å². The van der Waals surface area contributed by atoms with E-state index in [4.69, 9.17) is 9.47 Å². The summed E-state index contributed by atoms with van der Waals surface area (Å²) in [6, 6.07) is 12.3. The number of amides is 1. The van der Waals surface area contributed by atoms with Crippen LogP contribution in [0.4, 0.5) is 10.5 Å². The molecule has 0 fully saturated rings. The van der Waals surface area contributed by atoms with Gasteiger partial charge in [0.2, 0.25) is 0 Å². The van der Waals surface area contributed by atoms with Crippen molar-refractivity contribution in [2.45, 2.75) is 33.3 Å². The molecule has 0 radical (unpaired) electrons. The van der Waals surface area contributed by atoms with E-state index in [-0.39, 0.29) is 18.1 Å². The van der Waals surface area contributed by atoms with E-state index in [9.17, 15) is 14.7 Å². The number of ether oxygens (including phenoxy) is 2. The second kappa shape index (κ2) is 10.7. The number of rotatable bonds is 8. The first kappa shape index (κ1) is 24.1. The average Bonchev–Trinajstić information content (AvgIpc) is 2.69. The van der Waals surface area contributed by atoms with Gasteiger partial charge in [-0.1, -0.05) is 47.5 Å². The SMILES string of the molecule is Cc1ccc(NC(=O)O[C@H](c2cc(Br)ccc2O)C(C)(C)CCOC(=O)CS)cc1. The van der Waals surface area contributed by atoms with E-state index >= 15 is 0 Å². The van der Waals surface area contributed by atoms with Gasteiger partial charge in [0.25, 0.3) is 0 Å². The third kappa shape index (κ3) is 6.95. The number of carbonyl (C=O) groups is 2. The van der Waals surface area contributed by atoms with Gasteiger partial charge in [0, 0.05) is 21.1 Å². The molecule has 2 aromatic carbocycles. The molecule has 2 N–H and O–H groups in total. The van der Waals surface area contributed by atoms with E-state index in [1.54, 1.807) is 24.3 Å². The summed E-state index contributed by atoms with van der Waals surface area (Å²) in [7, 11) is 0. The standard InChI is InChI=1S/C22H26BrNO5S/c1-14-4-7-16(8-5-14)24-21(27)29-20(17-12-15(23)6-9-18(17)25)22(2,3)10-11-28-19(26)13-30/h4-9,12,20,25,30H,10-11,13H2,1-3H3,(H,24,27)/t20-/m1/s1. The number of hydrogen-bond donors (Lipinski definition) is 3. The van der Waals surface area contributed by atoms with Crippen LogP contribution in [0.5, 0.6) is 5.75 Å². The van der Waals surface area contributed by atoms with Gasteiger partial charge in [-0.3, -0.25) is 10.1 Å². The number of halogens is 1. The summed E-state index contributed by atoms with van der Waals surface area (Å²) in [6.45, 7) is 5.86. The maximum atomic E-state index is 12.6. The maximum absolute atomic E-state index is 12.6. The number of esters is 1. The van der Waals surface area contributed by atoms with E-state index < -0.39 is 23.6 Å². The number of nitrogens with one attached hydrogen (secondary N) is 1. The molecule has 0 unspecified atom stereocenters. The molecular weight excluding hydrogens is 470 g/mol. The second-order valence-corrected chi connectivity index (χ2v) is 8.83. The number of anilines is 1. The fourth-order valence-electron chi connectivity index (χ4n) is 2.88. The summed E-state index contributed by atoms with van der Waals surface area (Å²) >= 11 is 7.29. The number of carbonyl (C=O) groups excluding carboxylic acids is 2. The highest BCUT2D eigenvalue weighted by Crippen LogP contribution is 2.43. The molecule has 0 bridgehead atoms. The Morgan fingerprint density at radius 1 is 1.20 bits per heavy atom. The van der Waals surface area contributed by atoms with Crippen LogP contribution in [-0.2, 0) is 14.3 Å². The van der Waals surface area contributed by atoms with Gasteiger partial charge >= 0.3 is 12.1 Å². The van der Waals surface area contributed by atoms with Crippen molar-refractivity contribution in [1.82, 2.24) is 0 Å². The molecule has 30 heavy (non-hydrogen) atoms. The predicted octanol–water partition coefficient (Wildman–Crippen LogP) is 5.64. The highest BCUT2D eigenvalue weighted by molar-refractivity contribution is 9.10. The first-order chi connectivity index (χ1) is 14.1. The Bertz CT molecular complexity index is 886. The maximum Gasteiger partial charge on any atom is 0.412 e. The number of phenolic OH excluding ortho intramolecular Hbond substituents is 1. The summed E-state index contributed by atoms with van der Waals surface area (Å²) in [5.41, 5.74) is 1.47. The Morgan fingerprint density at radius 2 is 1.87 bits per heavy atom.